The molecule has 0 saturated carbocycles. The van der Waals surface area contributed by atoms with Crippen LogP contribution >= 0.6 is 23.4 Å². The van der Waals surface area contributed by atoms with Crippen molar-refractivity contribution in [3.8, 4) is 0 Å². The number of hydrogen-bond donors (Lipinski definition) is 0. The number of carbonyl (C=O) groups is 1. The summed E-state index contributed by atoms with van der Waals surface area (Å²) in [6.07, 6.45) is 1.70. The van der Waals surface area contributed by atoms with Crippen molar-refractivity contribution in [3.05, 3.63) is 58.7 Å². The maximum atomic E-state index is 11.5. The number of Topliss-reactive ketones (excluding diaryl/α,β-unsaturated/α-hetero) is 1. The van der Waals surface area contributed by atoms with Crippen LogP contribution in [0.25, 0.3) is 0 Å². The van der Waals surface area contributed by atoms with Crippen molar-refractivity contribution in [1.82, 2.24) is 4.98 Å². The number of ketones is 1. The fourth-order valence-electron chi connectivity index (χ4n) is 1.51. The van der Waals surface area contributed by atoms with Crippen molar-refractivity contribution in [2.24, 2.45) is 0 Å². The van der Waals surface area contributed by atoms with Crippen molar-refractivity contribution >= 4 is 29.1 Å². The van der Waals surface area contributed by atoms with E-state index in [1.807, 2.05) is 24.3 Å². The molecule has 18 heavy (non-hydrogen) atoms. The highest BCUT2D eigenvalue weighted by atomic mass is 35.5. The van der Waals surface area contributed by atoms with Gasteiger partial charge in [0.25, 0.3) is 0 Å². The lowest BCUT2D eigenvalue weighted by molar-refractivity contribution is 0.101. The lowest BCUT2D eigenvalue weighted by Gasteiger charge is -2.05. The Morgan fingerprint density at radius 3 is 2.67 bits per heavy atom. The molecule has 0 radical (unpaired) electrons. The predicted octanol–water partition coefficient (Wildman–Crippen LogP) is 4.23. The van der Waals surface area contributed by atoms with E-state index >= 15 is 0 Å². The summed E-state index contributed by atoms with van der Waals surface area (Å²) < 4.78 is 0. The Hall–Kier alpha value is -1.32. The van der Waals surface area contributed by atoms with E-state index < -0.39 is 0 Å². The number of pyridine rings is 1. The fraction of sp³-hybridized carbons (Fsp3) is 0.143. The Morgan fingerprint density at radius 2 is 2.00 bits per heavy atom. The average molecular weight is 278 g/mol. The molecule has 1 aromatic carbocycles. The van der Waals surface area contributed by atoms with Gasteiger partial charge in [-0.15, -0.1) is 11.8 Å². The molecule has 1 aromatic heterocycles. The van der Waals surface area contributed by atoms with E-state index in [2.05, 4.69) is 4.98 Å². The van der Waals surface area contributed by atoms with Gasteiger partial charge in [-0.2, -0.15) is 0 Å². The molecule has 2 nitrogen and oxygen atoms in total. The van der Waals surface area contributed by atoms with Crippen molar-refractivity contribution in [2.45, 2.75) is 17.7 Å². The second-order valence-corrected chi connectivity index (χ2v) is 5.23. The van der Waals surface area contributed by atoms with Gasteiger partial charge in [0.05, 0.1) is 0 Å². The molecule has 0 bridgehead atoms. The van der Waals surface area contributed by atoms with Crippen LogP contribution in [-0.2, 0) is 5.75 Å². The van der Waals surface area contributed by atoms with Gasteiger partial charge in [0.1, 0.15) is 5.03 Å². The molecule has 1 heterocycles. The SMILES string of the molecule is CC(=O)c1cccnc1SCc1ccc(Cl)cc1. The summed E-state index contributed by atoms with van der Waals surface area (Å²) in [5.41, 5.74) is 1.83. The molecule has 0 spiro atoms. The molecule has 2 aromatic rings. The third-order valence-electron chi connectivity index (χ3n) is 2.44. The minimum absolute atomic E-state index is 0.0432. The van der Waals surface area contributed by atoms with E-state index in [0.717, 1.165) is 21.4 Å². The summed E-state index contributed by atoms with van der Waals surface area (Å²) >= 11 is 7.39. The van der Waals surface area contributed by atoms with Gasteiger partial charge in [0, 0.05) is 22.5 Å². The first kappa shape index (κ1) is 13.1. The third-order valence-corrected chi connectivity index (χ3v) is 3.77. The number of carbonyl (C=O) groups excluding carboxylic acids is 1. The van der Waals surface area contributed by atoms with Gasteiger partial charge in [0.2, 0.25) is 0 Å². The summed E-state index contributed by atoms with van der Waals surface area (Å²) in [4.78, 5) is 15.7. The first-order chi connectivity index (χ1) is 8.66. The van der Waals surface area contributed by atoms with Gasteiger partial charge in [-0.05, 0) is 36.8 Å². The van der Waals surface area contributed by atoms with Crippen LogP contribution in [0.3, 0.4) is 0 Å². The van der Waals surface area contributed by atoms with Gasteiger partial charge in [0.15, 0.2) is 5.78 Å². The summed E-state index contributed by atoms with van der Waals surface area (Å²) in [6.45, 7) is 1.56. The Morgan fingerprint density at radius 1 is 1.28 bits per heavy atom. The van der Waals surface area contributed by atoms with Gasteiger partial charge < -0.3 is 0 Å². The molecule has 92 valence electrons. The van der Waals surface area contributed by atoms with Crippen molar-refractivity contribution in [3.63, 3.8) is 0 Å². The Labute approximate surface area is 115 Å². The van der Waals surface area contributed by atoms with E-state index in [4.69, 9.17) is 11.6 Å². The second kappa shape index (κ2) is 6.03. The number of thioether (sulfide) groups is 1. The molecule has 2 rings (SSSR count). The Bertz CT molecular complexity index is 554. The summed E-state index contributed by atoms with van der Waals surface area (Å²) in [6, 6.07) is 11.3. The molecular formula is C14H12ClNOS. The van der Waals surface area contributed by atoms with E-state index in [-0.39, 0.29) is 5.78 Å². The Kier molecular flexibility index (Phi) is 4.39. The standard InChI is InChI=1S/C14H12ClNOS/c1-10(17)13-3-2-8-16-14(13)18-9-11-4-6-12(15)7-5-11/h2-8H,9H2,1H3. The minimum Gasteiger partial charge on any atom is -0.294 e. The van der Waals surface area contributed by atoms with Crippen LogP contribution in [0.5, 0.6) is 0 Å². The third kappa shape index (κ3) is 3.34. The van der Waals surface area contributed by atoms with Crippen molar-refractivity contribution in [1.29, 1.82) is 0 Å². The van der Waals surface area contributed by atoms with Crippen LogP contribution in [0.1, 0.15) is 22.8 Å². The van der Waals surface area contributed by atoms with Gasteiger partial charge >= 0.3 is 0 Å². The van der Waals surface area contributed by atoms with E-state index in [1.54, 1.807) is 37.0 Å². The first-order valence-electron chi connectivity index (χ1n) is 5.50. The van der Waals surface area contributed by atoms with Gasteiger partial charge in [-0.1, -0.05) is 23.7 Å². The highest BCUT2D eigenvalue weighted by molar-refractivity contribution is 7.98. The number of rotatable bonds is 4. The largest absolute Gasteiger partial charge is 0.294 e. The fourth-order valence-corrected chi connectivity index (χ4v) is 2.63. The van der Waals surface area contributed by atoms with Crippen LogP contribution in [0.4, 0.5) is 0 Å². The van der Waals surface area contributed by atoms with Gasteiger partial charge in [-0.3, -0.25) is 4.79 Å². The number of benzene rings is 1. The lowest BCUT2D eigenvalue weighted by atomic mass is 10.2. The molecule has 0 N–H and O–H groups in total. The van der Waals surface area contributed by atoms with Crippen molar-refractivity contribution in [2.75, 3.05) is 0 Å². The molecule has 0 atom stereocenters. The number of nitrogens with zero attached hydrogens (tertiary/aromatic N) is 1. The summed E-state index contributed by atoms with van der Waals surface area (Å²) in [5, 5.41) is 1.51. The summed E-state index contributed by atoms with van der Waals surface area (Å²) in [7, 11) is 0. The molecule has 0 amide bonds. The number of hydrogen-bond acceptors (Lipinski definition) is 3. The molecule has 0 aliphatic carbocycles. The topological polar surface area (TPSA) is 30.0 Å². The van der Waals surface area contributed by atoms with E-state index in [0.29, 0.717) is 5.56 Å². The Balaban J connectivity index is 2.10. The molecular weight excluding hydrogens is 266 g/mol. The maximum Gasteiger partial charge on any atom is 0.162 e. The highest BCUT2D eigenvalue weighted by Crippen LogP contribution is 2.25. The highest BCUT2D eigenvalue weighted by Gasteiger charge is 2.08. The molecule has 0 unspecified atom stereocenters. The molecule has 0 aliphatic heterocycles. The number of aromatic nitrogens is 1. The van der Waals surface area contributed by atoms with Crippen LogP contribution in [0.2, 0.25) is 5.02 Å². The molecule has 0 fully saturated rings. The minimum atomic E-state index is 0.0432. The number of halogens is 1. The summed E-state index contributed by atoms with van der Waals surface area (Å²) in [5.74, 6) is 0.816. The zero-order chi connectivity index (χ0) is 13.0. The average Bonchev–Trinajstić information content (AvgIpc) is 2.38. The van der Waals surface area contributed by atoms with Crippen LogP contribution in [0.15, 0.2) is 47.6 Å². The molecule has 0 saturated heterocycles. The zero-order valence-electron chi connectivity index (χ0n) is 9.89. The van der Waals surface area contributed by atoms with Crippen LogP contribution in [-0.4, -0.2) is 10.8 Å². The van der Waals surface area contributed by atoms with Crippen LogP contribution in [0, 0.1) is 0 Å². The quantitative estimate of drug-likeness (QED) is 0.619. The lowest BCUT2D eigenvalue weighted by Crippen LogP contribution is -1.97. The van der Waals surface area contributed by atoms with E-state index in [1.165, 1.54) is 0 Å². The monoisotopic (exact) mass is 277 g/mol. The predicted molar refractivity (Wildman–Crippen MR) is 75.3 cm³/mol. The van der Waals surface area contributed by atoms with Crippen molar-refractivity contribution < 1.29 is 4.79 Å². The van der Waals surface area contributed by atoms with Gasteiger partial charge in [-0.25, -0.2) is 4.98 Å². The zero-order valence-corrected chi connectivity index (χ0v) is 11.5. The first-order valence-corrected chi connectivity index (χ1v) is 6.86. The second-order valence-electron chi connectivity index (χ2n) is 3.83. The van der Waals surface area contributed by atoms with E-state index in [9.17, 15) is 4.79 Å². The molecule has 4 heteroatoms. The maximum absolute atomic E-state index is 11.5. The normalized spacial score (nSPS) is 10.3. The van der Waals surface area contributed by atoms with Crippen LogP contribution < -0.4 is 0 Å². The smallest absolute Gasteiger partial charge is 0.162 e. The molecule has 0 aliphatic rings.